The van der Waals surface area contributed by atoms with Crippen molar-refractivity contribution in [3.63, 3.8) is 0 Å². The maximum Gasteiger partial charge on any atom is 0.270 e. The van der Waals surface area contributed by atoms with Crippen molar-refractivity contribution in [1.29, 1.82) is 0 Å². The van der Waals surface area contributed by atoms with Gasteiger partial charge in [-0.1, -0.05) is 12.1 Å². The highest BCUT2D eigenvalue weighted by Gasteiger charge is 2.20. The van der Waals surface area contributed by atoms with Gasteiger partial charge >= 0.3 is 0 Å². The number of nitrogens with zero attached hydrogens (tertiary/aromatic N) is 1. The number of benzene rings is 1. The third kappa shape index (κ3) is 3.18. The van der Waals surface area contributed by atoms with Crippen molar-refractivity contribution >= 4 is 11.7 Å². The normalized spacial score (nSPS) is 12.0. The maximum absolute atomic E-state index is 12.9. The highest BCUT2D eigenvalue weighted by Crippen LogP contribution is 2.21. The third-order valence-corrected chi connectivity index (χ3v) is 3.57. The van der Waals surface area contributed by atoms with Crippen LogP contribution in [0.5, 0.6) is 0 Å². The molecule has 0 bridgehead atoms. The maximum atomic E-state index is 12.9. The molecular formula is C16H17FN2O2. The standard InChI is InChI=1S/C16H17FN2O2/c1-10(12-4-6-14(17)7-5-12)19(3)16(21)15-8-13(9-18-15)11(2)20/h4-10,18H,1-3H3. The van der Waals surface area contributed by atoms with Crippen molar-refractivity contribution in [2.24, 2.45) is 0 Å². The molecule has 110 valence electrons. The lowest BCUT2D eigenvalue weighted by Gasteiger charge is -2.24. The number of Topliss-reactive ketones (excluding diaryl/α,β-unsaturated/α-hetero) is 1. The first kappa shape index (κ1) is 15.0. The zero-order chi connectivity index (χ0) is 15.6. The molecule has 5 heteroatoms. The molecule has 21 heavy (non-hydrogen) atoms. The van der Waals surface area contributed by atoms with Crippen molar-refractivity contribution in [3.8, 4) is 0 Å². The van der Waals surface area contributed by atoms with Gasteiger partial charge in [-0.3, -0.25) is 9.59 Å². The van der Waals surface area contributed by atoms with Crippen LogP contribution in [-0.4, -0.2) is 28.6 Å². The third-order valence-electron chi connectivity index (χ3n) is 3.57. The molecule has 0 radical (unpaired) electrons. The summed E-state index contributed by atoms with van der Waals surface area (Å²) in [5.41, 5.74) is 1.67. The van der Waals surface area contributed by atoms with E-state index in [9.17, 15) is 14.0 Å². The second-order valence-corrected chi connectivity index (χ2v) is 5.00. The van der Waals surface area contributed by atoms with Gasteiger partial charge in [0.1, 0.15) is 11.5 Å². The SMILES string of the molecule is CC(=O)c1c[nH]c(C(=O)N(C)C(C)c2ccc(F)cc2)c1. The predicted octanol–water partition coefficient (Wildman–Crippen LogP) is 3.19. The Morgan fingerprint density at radius 3 is 2.38 bits per heavy atom. The van der Waals surface area contributed by atoms with E-state index in [4.69, 9.17) is 0 Å². The van der Waals surface area contributed by atoms with E-state index in [-0.39, 0.29) is 23.5 Å². The van der Waals surface area contributed by atoms with Crippen molar-refractivity contribution < 1.29 is 14.0 Å². The summed E-state index contributed by atoms with van der Waals surface area (Å²) in [4.78, 5) is 28.0. The van der Waals surface area contributed by atoms with E-state index in [1.54, 1.807) is 30.1 Å². The summed E-state index contributed by atoms with van der Waals surface area (Å²) >= 11 is 0. The van der Waals surface area contributed by atoms with Crippen LogP contribution in [0.2, 0.25) is 0 Å². The molecule has 1 unspecified atom stereocenters. The van der Waals surface area contributed by atoms with Gasteiger partial charge in [-0.2, -0.15) is 0 Å². The number of halogens is 1. The lowest BCUT2D eigenvalue weighted by Crippen LogP contribution is -2.29. The summed E-state index contributed by atoms with van der Waals surface area (Å²) in [7, 11) is 1.67. The molecule has 2 rings (SSSR count). The lowest BCUT2D eigenvalue weighted by molar-refractivity contribution is 0.0737. The van der Waals surface area contributed by atoms with Crippen molar-refractivity contribution in [3.05, 3.63) is 59.2 Å². The molecule has 4 nitrogen and oxygen atoms in total. The minimum absolute atomic E-state index is 0.0977. The number of aromatic nitrogens is 1. The fourth-order valence-electron chi connectivity index (χ4n) is 2.05. The molecule has 1 amide bonds. The smallest absolute Gasteiger partial charge is 0.270 e. The molecular weight excluding hydrogens is 271 g/mol. The Labute approximate surface area is 122 Å². The highest BCUT2D eigenvalue weighted by atomic mass is 19.1. The van der Waals surface area contributed by atoms with Crippen molar-refractivity contribution in [2.75, 3.05) is 7.05 Å². The number of rotatable bonds is 4. The van der Waals surface area contributed by atoms with Gasteiger partial charge in [-0.25, -0.2) is 4.39 Å². The van der Waals surface area contributed by atoms with Gasteiger partial charge in [0, 0.05) is 18.8 Å². The van der Waals surface area contributed by atoms with E-state index in [1.807, 2.05) is 6.92 Å². The molecule has 0 aliphatic rings. The van der Waals surface area contributed by atoms with Crippen LogP contribution < -0.4 is 0 Å². The van der Waals surface area contributed by atoms with Gasteiger partial charge in [0.05, 0.1) is 6.04 Å². The number of nitrogens with one attached hydrogen (secondary N) is 1. The number of carbonyl (C=O) groups is 2. The first-order chi connectivity index (χ1) is 9.90. The Kier molecular flexibility index (Phi) is 4.21. The Balaban J connectivity index is 2.17. The van der Waals surface area contributed by atoms with Crippen LogP contribution in [0.3, 0.4) is 0 Å². The van der Waals surface area contributed by atoms with E-state index in [2.05, 4.69) is 4.98 Å². The fourth-order valence-corrected chi connectivity index (χ4v) is 2.05. The summed E-state index contributed by atoms with van der Waals surface area (Å²) in [6.45, 7) is 3.31. The fraction of sp³-hybridized carbons (Fsp3) is 0.250. The van der Waals surface area contributed by atoms with E-state index in [1.165, 1.54) is 25.3 Å². The summed E-state index contributed by atoms with van der Waals surface area (Å²) in [6.07, 6.45) is 1.52. The van der Waals surface area contributed by atoms with Crippen LogP contribution in [0.4, 0.5) is 4.39 Å². The Morgan fingerprint density at radius 2 is 1.86 bits per heavy atom. The Morgan fingerprint density at radius 1 is 1.24 bits per heavy atom. The van der Waals surface area contributed by atoms with E-state index >= 15 is 0 Å². The molecule has 1 aromatic carbocycles. The number of hydrogen-bond donors (Lipinski definition) is 1. The topological polar surface area (TPSA) is 53.2 Å². The van der Waals surface area contributed by atoms with Crippen LogP contribution in [0.25, 0.3) is 0 Å². The molecule has 1 atom stereocenters. The molecule has 0 spiro atoms. The van der Waals surface area contributed by atoms with Crippen molar-refractivity contribution in [1.82, 2.24) is 9.88 Å². The predicted molar refractivity (Wildman–Crippen MR) is 77.7 cm³/mol. The minimum atomic E-state index is -0.310. The number of carbonyl (C=O) groups excluding carboxylic acids is 2. The van der Waals surface area contributed by atoms with Gasteiger partial charge < -0.3 is 9.88 Å². The second kappa shape index (κ2) is 5.91. The van der Waals surface area contributed by atoms with Gasteiger partial charge in [0.25, 0.3) is 5.91 Å². The zero-order valence-corrected chi connectivity index (χ0v) is 12.2. The van der Waals surface area contributed by atoms with Crippen LogP contribution in [-0.2, 0) is 0 Å². The Bertz CT molecular complexity index is 661. The number of aromatic amines is 1. The molecule has 0 saturated heterocycles. The van der Waals surface area contributed by atoms with Crippen LogP contribution in [0, 0.1) is 5.82 Å². The first-order valence-corrected chi connectivity index (χ1v) is 6.62. The number of amides is 1. The molecule has 1 heterocycles. The van der Waals surface area contributed by atoms with Crippen LogP contribution in [0.1, 0.15) is 46.3 Å². The average Bonchev–Trinajstić information content (AvgIpc) is 2.96. The number of H-pyrrole nitrogens is 1. The zero-order valence-electron chi connectivity index (χ0n) is 12.2. The molecule has 2 aromatic rings. The summed E-state index contributed by atoms with van der Waals surface area (Å²) in [5.74, 6) is -0.630. The molecule has 0 fully saturated rings. The van der Waals surface area contributed by atoms with Gasteiger partial charge in [0.15, 0.2) is 5.78 Å². The molecule has 1 N–H and O–H groups in total. The van der Waals surface area contributed by atoms with Crippen LogP contribution in [0.15, 0.2) is 36.5 Å². The summed E-state index contributed by atoms with van der Waals surface area (Å²) < 4.78 is 12.9. The minimum Gasteiger partial charge on any atom is -0.356 e. The van der Waals surface area contributed by atoms with Gasteiger partial charge in [0.2, 0.25) is 0 Å². The monoisotopic (exact) mass is 288 g/mol. The van der Waals surface area contributed by atoms with Gasteiger partial charge in [-0.05, 0) is 37.6 Å². The van der Waals surface area contributed by atoms with E-state index < -0.39 is 0 Å². The quantitative estimate of drug-likeness (QED) is 0.878. The van der Waals surface area contributed by atoms with Gasteiger partial charge in [-0.15, -0.1) is 0 Å². The highest BCUT2D eigenvalue weighted by molar-refractivity contribution is 5.99. The second-order valence-electron chi connectivity index (χ2n) is 5.00. The Hall–Kier alpha value is -2.43. The molecule has 0 saturated carbocycles. The van der Waals surface area contributed by atoms with E-state index in [0.29, 0.717) is 11.3 Å². The summed E-state index contributed by atoms with van der Waals surface area (Å²) in [6, 6.07) is 7.37. The summed E-state index contributed by atoms with van der Waals surface area (Å²) in [5, 5.41) is 0. The van der Waals surface area contributed by atoms with Crippen LogP contribution >= 0.6 is 0 Å². The number of ketones is 1. The molecule has 0 aliphatic carbocycles. The largest absolute Gasteiger partial charge is 0.356 e. The lowest BCUT2D eigenvalue weighted by atomic mass is 10.1. The number of hydrogen-bond acceptors (Lipinski definition) is 2. The average molecular weight is 288 g/mol. The molecule has 1 aromatic heterocycles. The molecule has 0 aliphatic heterocycles. The first-order valence-electron chi connectivity index (χ1n) is 6.62. The van der Waals surface area contributed by atoms with E-state index in [0.717, 1.165) is 5.56 Å². The van der Waals surface area contributed by atoms with Crippen molar-refractivity contribution in [2.45, 2.75) is 19.9 Å².